The number of nitrogens with zero attached hydrogens (tertiary/aromatic N) is 1. The van der Waals surface area contributed by atoms with Crippen LogP contribution in [0.15, 0.2) is 72.4 Å². The Morgan fingerprint density at radius 3 is 2.71 bits per heavy atom. The predicted octanol–water partition coefficient (Wildman–Crippen LogP) is 3.58. The van der Waals surface area contributed by atoms with E-state index in [9.17, 15) is 4.79 Å². The average Bonchev–Trinajstić information content (AvgIpc) is 3.17. The van der Waals surface area contributed by atoms with Gasteiger partial charge in [0.15, 0.2) is 6.29 Å². The number of fused-ring (bicyclic) bond motifs is 2. The zero-order valence-corrected chi connectivity index (χ0v) is 15.5. The summed E-state index contributed by atoms with van der Waals surface area (Å²) in [6.45, 7) is 0. The number of aromatic nitrogens is 1. The molecule has 3 aromatic rings. The van der Waals surface area contributed by atoms with Gasteiger partial charge in [-0.05, 0) is 17.7 Å². The Kier molecular flexibility index (Phi) is 3.96. The second kappa shape index (κ2) is 6.51. The highest BCUT2D eigenvalue weighted by atomic mass is 16.7. The fraction of sp³-hybridized carbons (Fsp3) is 0.227. The maximum absolute atomic E-state index is 13.2. The van der Waals surface area contributed by atoms with Gasteiger partial charge in [-0.1, -0.05) is 54.6 Å². The molecule has 0 unspecified atom stereocenters. The van der Waals surface area contributed by atoms with Gasteiger partial charge in [0.2, 0.25) is 0 Å². The topological polar surface area (TPSA) is 66.6 Å². The molecule has 0 bridgehead atoms. The first-order valence-corrected chi connectivity index (χ1v) is 9.34. The molecule has 2 aromatic carbocycles. The number of carbonyl (C=O) groups is 1. The van der Waals surface area contributed by atoms with Gasteiger partial charge in [0.1, 0.15) is 11.4 Å². The fourth-order valence-electron chi connectivity index (χ4n) is 4.01. The molecule has 2 aliphatic heterocycles. The van der Waals surface area contributed by atoms with E-state index in [1.165, 1.54) is 0 Å². The van der Waals surface area contributed by atoms with Gasteiger partial charge in [0, 0.05) is 24.4 Å². The van der Waals surface area contributed by atoms with E-state index < -0.39 is 11.9 Å². The summed E-state index contributed by atoms with van der Waals surface area (Å²) < 4.78 is 11.8. The Balaban J connectivity index is 1.56. The minimum atomic E-state index is -0.875. The number of rotatable bonds is 3. The number of ether oxygens (including phenoxy) is 2. The van der Waals surface area contributed by atoms with Crippen LogP contribution in [0.25, 0.3) is 10.9 Å². The van der Waals surface area contributed by atoms with Crippen molar-refractivity contribution in [3.8, 4) is 0 Å². The normalized spacial score (nSPS) is 24.6. The number of benzene rings is 2. The lowest BCUT2D eigenvalue weighted by molar-refractivity contribution is -0.204. The van der Waals surface area contributed by atoms with Crippen molar-refractivity contribution in [2.75, 3.05) is 12.1 Å². The smallest absolute Gasteiger partial charge is 0.250 e. The van der Waals surface area contributed by atoms with Crippen LogP contribution in [0.4, 0.5) is 5.82 Å². The molecule has 0 radical (unpaired) electrons. The SMILES string of the molecule is CO[C@@H]1CC=C2NN(c3cc4ccccc4[nH]3)C(=O)C[C@]2(c2ccccc2)O1. The lowest BCUT2D eigenvalue weighted by Crippen LogP contribution is -2.58. The van der Waals surface area contributed by atoms with Gasteiger partial charge in [-0.2, -0.15) is 0 Å². The van der Waals surface area contributed by atoms with Crippen LogP contribution in [0.2, 0.25) is 0 Å². The van der Waals surface area contributed by atoms with E-state index in [0.29, 0.717) is 12.2 Å². The predicted molar refractivity (Wildman–Crippen MR) is 106 cm³/mol. The van der Waals surface area contributed by atoms with E-state index in [0.717, 1.165) is 22.2 Å². The molecule has 28 heavy (non-hydrogen) atoms. The van der Waals surface area contributed by atoms with Crippen molar-refractivity contribution in [3.63, 3.8) is 0 Å². The monoisotopic (exact) mass is 375 g/mol. The molecule has 3 heterocycles. The van der Waals surface area contributed by atoms with E-state index in [2.05, 4.69) is 16.5 Å². The Morgan fingerprint density at radius 1 is 1.14 bits per heavy atom. The first-order chi connectivity index (χ1) is 13.7. The van der Waals surface area contributed by atoms with E-state index >= 15 is 0 Å². The summed E-state index contributed by atoms with van der Waals surface area (Å²) >= 11 is 0. The van der Waals surface area contributed by atoms with E-state index in [1.54, 1.807) is 12.1 Å². The van der Waals surface area contributed by atoms with Crippen molar-refractivity contribution in [1.82, 2.24) is 10.4 Å². The van der Waals surface area contributed by atoms with Crippen molar-refractivity contribution in [1.29, 1.82) is 0 Å². The molecule has 1 aromatic heterocycles. The van der Waals surface area contributed by atoms with Gasteiger partial charge in [0.05, 0.1) is 12.1 Å². The number of hydrogen-bond acceptors (Lipinski definition) is 4. The van der Waals surface area contributed by atoms with Crippen LogP contribution in [0.5, 0.6) is 0 Å². The number of amides is 1. The third kappa shape index (κ3) is 2.61. The molecular weight excluding hydrogens is 354 g/mol. The molecule has 5 rings (SSSR count). The molecule has 0 aliphatic carbocycles. The second-order valence-electron chi connectivity index (χ2n) is 7.09. The Morgan fingerprint density at radius 2 is 1.93 bits per heavy atom. The summed E-state index contributed by atoms with van der Waals surface area (Å²) in [5, 5.41) is 2.63. The summed E-state index contributed by atoms with van der Waals surface area (Å²) in [5.41, 5.74) is 5.19. The number of hydrogen-bond donors (Lipinski definition) is 2. The summed E-state index contributed by atoms with van der Waals surface area (Å²) in [5.74, 6) is 0.631. The summed E-state index contributed by atoms with van der Waals surface area (Å²) in [6.07, 6.45) is 2.47. The van der Waals surface area contributed by atoms with Crippen molar-refractivity contribution >= 4 is 22.6 Å². The molecule has 2 atom stereocenters. The summed E-state index contributed by atoms with van der Waals surface area (Å²) in [4.78, 5) is 16.5. The van der Waals surface area contributed by atoms with Crippen LogP contribution in [-0.4, -0.2) is 24.3 Å². The van der Waals surface area contributed by atoms with Crippen molar-refractivity contribution in [2.24, 2.45) is 0 Å². The number of para-hydroxylation sites is 1. The number of nitrogens with one attached hydrogen (secondary N) is 2. The van der Waals surface area contributed by atoms with Crippen molar-refractivity contribution in [3.05, 3.63) is 78.0 Å². The van der Waals surface area contributed by atoms with Crippen LogP contribution in [-0.2, 0) is 19.9 Å². The van der Waals surface area contributed by atoms with Crippen LogP contribution in [0.1, 0.15) is 18.4 Å². The molecule has 2 N–H and O–H groups in total. The van der Waals surface area contributed by atoms with Crippen LogP contribution in [0, 0.1) is 0 Å². The number of aromatic amines is 1. The first kappa shape index (κ1) is 17.0. The van der Waals surface area contributed by atoms with Crippen LogP contribution >= 0.6 is 0 Å². The summed E-state index contributed by atoms with van der Waals surface area (Å²) in [6, 6.07) is 19.8. The lowest BCUT2D eigenvalue weighted by Gasteiger charge is -2.47. The minimum absolute atomic E-state index is 0.0793. The van der Waals surface area contributed by atoms with E-state index in [1.807, 2.05) is 60.7 Å². The largest absolute Gasteiger partial charge is 0.356 e. The average molecular weight is 375 g/mol. The highest BCUT2D eigenvalue weighted by Gasteiger charge is 2.49. The molecule has 2 aliphatic rings. The maximum atomic E-state index is 13.2. The molecule has 6 heteroatoms. The van der Waals surface area contributed by atoms with Crippen LogP contribution < -0.4 is 10.4 Å². The molecule has 1 amide bonds. The number of anilines is 1. The molecule has 142 valence electrons. The van der Waals surface area contributed by atoms with Crippen LogP contribution in [0.3, 0.4) is 0 Å². The van der Waals surface area contributed by atoms with Gasteiger partial charge >= 0.3 is 0 Å². The van der Waals surface area contributed by atoms with Gasteiger partial charge in [0.25, 0.3) is 5.91 Å². The third-order valence-corrected chi connectivity index (χ3v) is 5.42. The lowest BCUT2D eigenvalue weighted by atomic mass is 9.83. The van der Waals surface area contributed by atoms with Gasteiger partial charge in [-0.25, -0.2) is 5.01 Å². The van der Waals surface area contributed by atoms with E-state index in [-0.39, 0.29) is 12.3 Å². The fourth-order valence-corrected chi connectivity index (χ4v) is 4.01. The minimum Gasteiger partial charge on any atom is -0.356 e. The first-order valence-electron chi connectivity index (χ1n) is 9.34. The highest BCUT2D eigenvalue weighted by Crippen LogP contribution is 2.44. The zero-order chi connectivity index (χ0) is 19.1. The standard InChI is InChI=1S/C22H21N3O3/c1-27-21-12-11-18-22(28-21,16-8-3-2-4-9-16)14-20(26)25(24-18)19-13-15-7-5-6-10-17(15)23-19/h2-11,13,21,23-24H,12,14H2,1H3/t21-,22+/m0/s1. The Hall–Kier alpha value is -3.09. The Labute approximate surface area is 162 Å². The maximum Gasteiger partial charge on any atom is 0.250 e. The zero-order valence-electron chi connectivity index (χ0n) is 15.5. The van der Waals surface area contributed by atoms with Crippen molar-refractivity contribution < 1.29 is 14.3 Å². The van der Waals surface area contributed by atoms with E-state index in [4.69, 9.17) is 9.47 Å². The number of carbonyl (C=O) groups excluding carboxylic acids is 1. The third-order valence-electron chi connectivity index (χ3n) is 5.42. The quantitative estimate of drug-likeness (QED) is 0.734. The highest BCUT2D eigenvalue weighted by molar-refractivity contribution is 5.97. The Bertz CT molecular complexity index is 1030. The molecular formula is C22H21N3O3. The number of methoxy groups -OCH3 is 1. The molecule has 0 spiro atoms. The molecule has 1 saturated heterocycles. The molecule has 1 fully saturated rings. The summed E-state index contributed by atoms with van der Waals surface area (Å²) in [7, 11) is 1.62. The van der Waals surface area contributed by atoms with Gasteiger partial charge < -0.3 is 14.5 Å². The van der Waals surface area contributed by atoms with Crippen molar-refractivity contribution in [2.45, 2.75) is 24.7 Å². The number of hydrazine groups is 1. The molecule has 0 saturated carbocycles. The number of H-pyrrole nitrogens is 1. The second-order valence-corrected chi connectivity index (χ2v) is 7.09. The molecule has 6 nitrogen and oxygen atoms in total. The van der Waals surface area contributed by atoms with Gasteiger partial charge in [-0.15, -0.1) is 0 Å². The van der Waals surface area contributed by atoms with Gasteiger partial charge in [-0.3, -0.25) is 10.2 Å².